The maximum absolute atomic E-state index is 11.9. The molecule has 10 heteroatoms. The molecule has 0 radical (unpaired) electrons. The number of rotatable bonds is 5. The fourth-order valence-corrected chi connectivity index (χ4v) is 3.01. The number of aryl methyl sites for hydroxylation is 1. The molecular weight excluding hydrogens is 315 g/mol. The fraction of sp³-hybridized carbons (Fsp3) is 0.667. The van der Waals surface area contributed by atoms with Crippen molar-refractivity contribution in [1.29, 1.82) is 0 Å². The Morgan fingerprint density at radius 2 is 2.23 bits per heavy atom. The Hall–Kier alpha value is -1.25. The molecule has 0 saturated carbocycles. The SMILES string of the molecule is CC[C@H]1O[C@@H](n2cc(C)c(=O)[nH]c2=O)C[C@H]1OP(=O)(O)OC. The number of phosphoric ester groups is 1. The van der Waals surface area contributed by atoms with Gasteiger partial charge in [0.05, 0.1) is 12.2 Å². The number of nitrogens with zero attached hydrogens (tertiary/aromatic N) is 1. The van der Waals surface area contributed by atoms with Crippen LogP contribution in [0.1, 0.15) is 31.6 Å². The van der Waals surface area contributed by atoms with E-state index < -0.39 is 37.5 Å². The smallest absolute Gasteiger partial charge is 0.352 e. The Morgan fingerprint density at radius 1 is 1.55 bits per heavy atom. The van der Waals surface area contributed by atoms with Gasteiger partial charge in [-0.15, -0.1) is 0 Å². The molecule has 2 heterocycles. The highest BCUT2D eigenvalue weighted by Crippen LogP contribution is 2.47. The Bertz CT molecular complexity index is 697. The van der Waals surface area contributed by atoms with Crippen LogP contribution in [0.4, 0.5) is 0 Å². The summed E-state index contributed by atoms with van der Waals surface area (Å²) in [5, 5.41) is 0. The Labute approximate surface area is 126 Å². The van der Waals surface area contributed by atoms with Gasteiger partial charge in [-0.1, -0.05) is 6.92 Å². The molecule has 1 unspecified atom stereocenters. The maximum Gasteiger partial charge on any atom is 0.472 e. The summed E-state index contributed by atoms with van der Waals surface area (Å²) >= 11 is 0. The second-order valence-electron chi connectivity index (χ2n) is 5.05. The van der Waals surface area contributed by atoms with Gasteiger partial charge in [-0.25, -0.2) is 9.36 Å². The molecule has 1 aromatic rings. The zero-order valence-corrected chi connectivity index (χ0v) is 13.4. The lowest BCUT2D eigenvalue weighted by molar-refractivity contribution is -0.0223. The Kier molecular flexibility index (Phi) is 5.03. The zero-order valence-electron chi connectivity index (χ0n) is 12.5. The quantitative estimate of drug-likeness (QED) is 0.760. The van der Waals surface area contributed by atoms with Gasteiger partial charge < -0.3 is 9.63 Å². The minimum Gasteiger partial charge on any atom is -0.352 e. The molecule has 1 aromatic heterocycles. The second kappa shape index (κ2) is 6.47. The van der Waals surface area contributed by atoms with Crippen molar-refractivity contribution in [3.05, 3.63) is 32.6 Å². The molecule has 1 fully saturated rings. The molecule has 124 valence electrons. The van der Waals surface area contributed by atoms with Crippen molar-refractivity contribution in [2.24, 2.45) is 0 Å². The van der Waals surface area contributed by atoms with Gasteiger partial charge in [0.15, 0.2) is 0 Å². The summed E-state index contributed by atoms with van der Waals surface area (Å²) < 4.78 is 28.0. The minimum absolute atomic E-state index is 0.192. The molecule has 0 aromatic carbocycles. The van der Waals surface area contributed by atoms with Crippen LogP contribution in [0, 0.1) is 6.92 Å². The van der Waals surface area contributed by atoms with Crippen LogP contribution in [0.15, 0.2) is 15.8 Å². The number of aromatic nitrogens is 2. The van der Waals surface area contributed by atoms with Gasteiger partial charge in [0.25, 0.3) is 5.56 Å². The third-order valence-electron chi connectivity index (χ3n) is 3.54. The van der Waals surface area contributed by atoms with Crippen molar-refractivity contribution in [3.8, 4) is 0 Å². The molecule has 22 heavy (non-hydrogen) atoms. The summed E-state index contributed by atoms with van der Waals surface area (Å²) in [7, 11) is -3.07. The van der Waals surface area contributed by atoms with Crippen molar-refractivity contribution in [2.45, 2.75) is 45.1 Å². The van der Waals surface area contributed by atoms with E-state index in [4.69, 9.17) is 9.26 Å². The first-order valence-electron chi connectivity index (χ1n) is 6.82. The van der Waals surface area contributed by atoms with Crippen molar-refractivity contribution in [2.75, 3.05) is 7.11 Å². The average Bonchev–Trinajstić information content (AvgIpc) is 2.84. The number of hydrogen-bond acceptors (Lipinski definition) is 6. The summed E-state index contributed by atoms with van der Waals surface area (Å²) in [5.41, 5.74) is -0.696. The third kappa shape index (κ3) is 3.56. The molecule has 1 saturated heterocycles. The molecule has 2 rings (SSSR count). The topological polar surface area (TPSA) is 120 Å². The minimum atomic E-state index is -4.15. The van der Waals surface area contributed by atoms with Crippen LogP contribution < -0.4 is 11.2 Å². The number of ether oxygens (including phenoxy) is 1. The van der Waals surface area contributed by atoms with Crippen LogP contribution in [0.3, 0.4) is 0 Å². The lowest BCUT2D eigenvalue weighted by Crippen LogP contribution is -2.33. The fourth-order valence-electron chi connectivity index (χ4n) is 2.36. The highest BCUT2D eigenvalue weighted by atomic mass is 31.2. The van der Waals surface area contributed by atoms with Crippen molar-refractivity contribution < 1.29 is 23.2 Å². The van der Waals surface area contributed by atoms with Crippen LogP contribution in [-0.4, -0.2) is 33.8 Å². The molecular formula is C12H19N2O7P. The van der Waals surface area contributed by atoms with E-state index in [2.05, 4.69) is 9.51 Å². The normalized spacial score (nSPS) is 27.7. The molecule has 1 aliphatic rings. The van der Waals surface area contributed by atoms with Crippen LogP contribution >= 0.6 is 7.82 Å². The van der Waals surface area contributed by atoms with E-state index in [0.717, 1.165) is 7.11 Å². The van der Waals surface area contributed by atoms with Crippen LogP contribution in [0.25, 0.3) is 0 Å². The molecule has 0 bridgehead atoms. The number of nitrogens with one attached hydrogen (secondary N) is 1. The molecule has 0 amide bonds. The lowest BCUT2D eigenvalue weighted by Gasteiger charge is -2.18. The summed E-state index contributed by atoms with van der Waals surface area (Å²) in [6.45, 7) is 3.40. The average molecular weight is 334 g/mol. The molecule has 9 nitrogen and oxygen atoms in total. The van der Waals surface area contributed by atoms with E-state index in [1.807, 2.05) is 6.92 Å². The lowest BCUT2D eigenvalue weighted by atomic mass is 10.1. The standard InChI is InChI=1S/C12H19N2O7P/c1-4-8-9(21-22(17,18)19-3)5-10(20-8)14-6-7(2)11(15)13-12(14)16/h6,8-10H,4-5H2,1-3H3,(H,17,18)(H,13,15,16)/t8-,9-,10-/m1/s1. The van der Waals surface area contributed by atoms with Gasteiger partial charge in [-0.3, -0.25) is 23.4 Å². The highest BCUT2D eigenvalue weighted by Gasteiger charge is 2.40. The van der Waals surface area contributed by atoms with Gasteiger partial charge in [-0.2, -0.15) is 0 Å². The van der Waals surface area contributed by atoms with Gasteiger partial charge in [0.1, 0.15) is 6.23 Å². The van der Waals surface area contributed by atoms with E-state index in [1.165, 1.54) is 10.8 Å². The van der Waals surface area contributed by atoms with Crippen LogP contribution in [0.5, 0.6) is 0 Å². The largest absolute Gasteiger partial charge is 0.472 e. The van der Waals surface area contributed by atoms with Crippen LogP contribution in [0.2, 0.25) is 0 Å². The van der Waals surface area contributed by atoms with E-state index >= 15 is 0 Å². The van der Waals surface area contributed by atoms with Gasteiger partial charge >= 0.3 is 13.5 Å². The predicted octanol–water partition coefficient (Wildman–Crippen LogP) is 0.675. The first-order chi connectivity index (χ1) is 10.3. The first-order valence-corrected chi connectivity index (χ1v) is 8.31. The van der Waals surface area contributed by atoms with E-state index in [-0.39, 0.29) is 6.42 Å². The Balaban J connectivity index is 2.25. The second-order valence-corrected chi connectivity index (χ2v) is 6.56. The van der Waals surface area contributed by atoms with Gasteiger partial charge in [0, 0.05) is 25.3 Å². The van der Waals surface area contributed by atoms with E-state index in [9.17, 15) is 19.0 Å². The summed E-state index contributed by atoms with van der Waals surface area (Å²) in [6.07, 6.45) is 0.287. The van der Waals surface area contributed by atoms with Gasteiger partial charge in [0.2, 0.25) is 0 Å². The Morgan fingerprint density at radius 3 is 2.82 bits per heavy atom. The maximum atomic E-state index is 11.9. The highest BCUT2D eigenvalue weighted by molar-refractivity contribution is 7.47. The predicted molar refractivity (Wildman–Crippen MR) is 76.6 cm³/mol. The molecule has 2 N–H and O–H groups in total. The summed E-state index contributed by atoms with van der Waals surface area (Å²) in [6, 6.07) is 0. The number of hydrogen-bond donors (Lipinski definition) is 2. The summed E-state index contributed by atoms with van der Waals surface area (Å²) in [4.78, 5) is 34.9. The monoisotopic (exact) mass is 334 g/mol. The third-order valence-corrected chi connectivity index (χ3v) is 4.54. The van der Waals surface area contributed by atoms with E-state index in [1.54, 1.807) is 6.92 Å². The van der Waals surface area contributed by atoms with Crippen LogP contribution in [-0.2, 0) is 18.3 Å². The molecule has 4 atom stereocenters. The molecule has 0 aliphatic carbocycles. The first kappa shape index (κ1) is 17.1. The van der Waals surface area contributed by atoms with Crippen molar-refractivity contribution in [1.82, 2.24) is 9.55 Å². The van der Waals surface area contributed by atoms with Crippen molar-refractivity contribution >= 4 is 7.82 Å². The molecule has 1 aliphatic heterocycles. The van der Waals surface area contributed by atoms with Gasteiger partial charge in [-0.05, 0) is 13.3 Å². The number of H-pyrrole nitrogens is 1. The number of phosphoric acid groups is 1. The van der Waals surface area contributed by atoms with E-state index in [0.29, 0.717) is 12.0 Å². The number of aromatic amines is 1. The molecule has 0 spiro atoms. The summed E-state index contributed by atoms with van der Waals surface area (Å²) in [5.74, 6) is 0. The van der Waals surface area contributed by atoms with Crippen molar-refractivity contribution in [3.63, 3.8) is 0 Å². The zero-order chi connectivity index (χ0) is 16.5.